The van der Waals surface area contributed by atoms with Crippen LogP contribution in [-0.2, 0) is 24.8 Å². The third-order valence-corrected chi connectivity index (χ3v) is 6.61. The molecule has 2 heterocycles. The second-order valence-corrected chi connectivity index (χ2v) is 10.0. The lowest BCUT2D eigenvalue weighted by Gasteiger charge is -2.19. The van der Waals surface area contributed by atoms with Crippen molar-refractivity contribution in [1.82, 2.24) is 19.7 Å². The van der Waals surface area contributed by atoms with E-state index in [4.69, 9.17) is 10.5 Å². The first-order valence-electron chi connectivity index (χ1n) is 10.8. The summed E-state index contributed by atoms with van der Waals surface area (Å²) in [6, 6.07) is 14.4. The fourth-order valence-corrected chi connectivity index (χ4v) is 4.31. The summed E-state index contributed by atoms with van der Waals surface area (Å²) in [5, 5.41) is 9.65. The monoisotopic (exact) mass is 477 g/mol. The number of nitrogens with two attached hydrogens (primary N) is 1. The van der Waals surface area contributed by atoms with Crippen LogP contribution in [0.5, 0.6) is 5.75 Å². The first-order chi connectivity index (χ1) is 16.1. The Kier molecular flexibility index (Phi) is 6.47. The lowest BCUT2D eigenvalue weighted by Crippen LogP contribution is -2.12. The van der Waals surface area contributed by atoms with E-state index in [1.54, 1.807) is 12.1 Å². The van der Waals surface area contributed by atoms with Crippen molar-refractivity contribution in [3.63, 3.8) is 0 Å². The minimum Gasteiger partial charge on any atom is -0.486 e. The molecule has 0 saturated carbocycles. The van der Waals surface area contributed by atoms with E-state index in [2.05, 4.69) is 48.1 Å². The van der Waals surface area contributed by atoms with Crippen molar-refractivity contribution in [2.24, 2.45) is 12.8 Å². The van der Waals surface area contributed by atoms with Crippen molar-refractivity contribution in [3.8, 4) is 5.75 Å². The van der Waals surface area contributed by atoms with Gasteiger partial charge >= 0.3 is 0 Å². The van der Waals surface area contributed by atoms with E-state index in [0.29, 0.717) is 39.8 Å². The summed E-state index contributed by atoms with van der Waals surface area (Å²) < 4.78 is 7.78. The summed E-state index contributed by atoms with van der Waals surface area (Å²) in [4.78, 5) is 27.1. The summed E-state index contributed by atoms with van der Waals surface area (Å²) in [6.07, 6.45) is 0. The molecule has 0 radical (unpaired) electrons. The van der Waals surface area contributed by atoms with E-state index < -0.39 is 5.91 Å². The maximum atomic E-state index is 12.5. The van der Waals surface area contributed by atoms with E-state index in [9.17, 15) is 9.59 Å². The fourth-order valence-electron chi connectivity index (χ4n) is 3.47. The largest absolute Gasteiger partial charge is 0.486 e. The van der Waals surface area contributed by atoms with Crippen LogP contribution in [0.4, 0.5) is 0 Å². The van der Waals surface area contributed by atoms with Crippen LogP contribution >= 0.6 is 11.8 Å². The van der Waals surface area contributed by atoms with Gasteiger partial charge in [0.1, 0.15) is 12.4 Å². The van der Waals surface area contributed by atoms with Crippen molar-refractivity contribution in [2.75, 3.05) is 0 Å². The van der Waals surface area contributed by atoms with E-state index in [0.717, 1.165) is 11.4 Å². The van der Waals surface area contributed by atoms with Gasteiger partial charge in [0.2, 0.25) is 5.91 Å². The average molecular weight is 478 g/mol. The van der Waals surface area contributed by atoms with Gasteiger partial charge in [0.25, 0.3) is 0 Å². The van der Waals surface area contributed by atoms with Gasteiger partial charge in [0.15, 0.2) is 16.4 Å². The quantitative estimate of drug-likeness (QED) is 0.390. The molecular formula is C25H27N5O3S. The van der Waals surface area contributed by atoms with Gasteiger partial charge in [-0.3, -0.25) is 9.59 Å². The number of thioether (sulfide) groups is 1. The second kappa shape index (κ2) is 9.34. The molecule has 0 aliphatic carbocycles. The van der Waals surface area contributed by atoms with Gasteiger partial charge in [-0.15, -0.1) is 10.2 Å². The number of primary amides is 1. The van der Waals surface area contributed by atoms with E-state index in [1.165, 1.54) is 29.5 Å². The smallest absolute Gasteiger partial charge is 0.248 e. The van der Waals surface area contributed by atoms with Crippen molar-refractivity contribution in [1.29, 1.82) is 0 Å². The SMILES string of the molecule is Cn1c(COc2ccc(C(C)(C)C)cc2)nnc1SCc1cc(=O)c2cc(C(N)=O)ccc2[nH]1. The molecule has 0 saturated heterocycles. The van der Waals surface area contributed by atoms with Gasteiger partial charge in [-0.2, -0.15) is 0 Å². The normalized spacial score (nSPS) is 11.6. The summed E-state index contributed by atoms with van der Waals surface area (Å²) in [6.45, 7) is 6.83. The molecule has 2 aromatic heterocycles. The number of pyridine rings is 1. The Hall–Kier alpha value is -3.59. The number of aromatic amines is 1. The highest BCUT2D eigenvalue weighted by molar-refractivity contribution is 7.98. The number of H-pyrrole nitrogens is 1. The highest BCUT2D eigenvalue weighted by Gasteiger charge is 2.14. The minimum absolute atomic E-state index is 0.0933. The lowest BCUT2D eigenvalue weighted by molar-refractivity contribution is 0.100. The number of carbonyl (C=O) groups is 1. The average Bonchev–Trinajstić information content (AvgIpc) is 3.15. The van der Waals surface area contributed by atoms with Crippen LogP contribution in [0, 0.1) is 0 Å². The number of rotatable bonds is 7. The number of amides is 1. The summed E-state index contributed by atoms with van der Waals surface area (Å²) in [5.74, 6) is 1.42. The molecule has 4 aromatic rings. The number of nitrogens with one attached hydrogen (secondary N) is 1. The molecule has 0 unspecified atom stereocenters. The molecule has 4 rings (SSSR count). The zero-order chi connectivity index (χ0) is 24.5. The maximum absolute atomic E-state index is 12.5. The molecule has 9 heteroatoms. The molecule has 0 aliphatic heterocycles. The highest BCUT2D eigenvalue weighted by Crippen LogP contribution is 2.25. The molecule has 0 fully saturated rings. The van der Waals surface area contributed by atoms with Crippen LogP contribution in [0.1, 0.15) is 48.2 Å². The molecule has 1 amide bonds. The van der Waals surface area contributed by atoms with Crippen LogP contribution in [0.25, 0.3) is 10.9 Å². The zero-order valence-electron chi connectivity index (χ0n) is 19.6. The number of hydrogen-bond acceptors (Lipinski definition) is 6. The predicted molar refractivity (Wildman–Crippen MR) is 133 cm³/mol. The van der Waals surface area contributed by atoms with Gasteiger partial charge in [0.05, 0.1) is 0 Å². The summed E-state index contributed by atoms with van der Waals surface area (Å²) in [7, 11) is 1.89. The number of nitrogens with zero attached hydrogens (tertiary/aromatic N) is 3. The highest BCUT2D eigenvalue weighted by atomic mass is 32.2. The zero-order valence-corrected chi connectivity index (χ0v) is 20.4. The van der Waals surface area contributed by atoms with Crippen molar-refractivity contribution in [2.45, 2.75) is 43.7 Å². The number of benzene rings is 2. The van der Waals surface area contributed by atoms with Gasteiger partial charge < -0.3 is 20.0 Å². The van der Waals surface area contributed by atoms with Gasteiger partial charge in [0, 0.05) is 41.0 Å². The van der Waals surface area contributed by atoms with E-state index in [-0.39, 0.29) is 10.8 Å². The van der Waals surface area contributed by atoms with Crippen molar-refractivity contribution >= 4 is 28.6 Å². The molecule has 2 aromatic carbocycles. The lowest BCUT2D eigenvalue weighted by atomic mass is 9.87. The van der Waals surface area contributed by atoms with Crippen LogP contribution in [0.15, 0.2) is 58.5 Å². The van der Waals surface area contributed by atoms with Gasteiger partial charge in [-0.05, 0) is 41.3 Å². The van der Waals surface area contributed by atoms with Crippen LogP contribution in [0.2, 0.25) is 0 Å². The van der Waals surface area contributed by atoms with Gasteiger partial charge in [-0.1, -0.05) is 44.7 Å². The number of carbonyl (C=O) groups excluding carboxylic acids is 1. The Bertz CT molecular complexity index is 1400. The van der Waals surface area contributed by atoms with E-state index >= 15 is 0 Å². The van der Waals surface area contributed by atoms with Crippen LogP contribution in [-0.4, -0.2) is 25.7 Å². The molecule has 0 spiro atoms. The molecule has 8 nitrogen and oxygen atoms in total. The predicted octanol–water partition coefficient (Wildman–Crippen LogP) is 3.92. The Morgan fingerprint density at radius 3 is 2.53 bits per heavy atom. The standard InChI is InChI=1S/C25H27N5O3S/c1-25(2,3)16-6-8-18(9-7-16)33-13-22-28-29-24(30(22)4)34-14-17-12-21(31)19-11-15(23(26)32)5-10-20(19)27-17/h5-12H,13-14H2,1-4H3,(H2,26,32)(H,27,31). The summed E-state index contributed by atoms with van der Waals surface area (Å²) >= 11 is 1.46. The molecule has 0 bridgehead atoms. The minimum atomic E-state index is -0.565. The molecule has 0 atom stereocenters. The Morgan fingerprint density at radius 1 is 1.12 bits per heavy atom. The van der Waals surface area contributed by atoms with Crippen molar-refractivity contribution in [3.05, 3.63) is 81.4 Å². The Morgan fingerprint density at radius 2 is 1.85 bits per heavy atom. The molecule has 0 aliphatic rings. The molecule has 176 valence electrons. The third-order valence-electron chi connectivity index (χ3n) is 5.54. The first-order valence-corrected chi connectivity index (χ1v) is 11.8. The number of fused-ring (bicyclic) bond motifs is 1. The van der Waals surface area contributed by atoms with Crippen LogP contribution in [0.3, 0.4) is 0 Å². The Balaban J connectivity index is 1.41. The van der Waals surface area contributed by atoms with Crippen LogP contribution < -0.4 is 15.9 Å². The van der Waals surface area contributed by atoms with E-state index in [1.807, 2.05) is 23.7 Å². The molecular weight excluding hydrogens is 450 g/mol. The topological polar surface area (TPSA) is 116 Å². The second-order valence-electron chi connectivity index (χ2n) is 9.09. The fraction of sp³-hybridized carbons (Fsp3) is 0.280. The summed E-state index contributed by atoms with van der Waals surface area (Å²) in [5.41, 5.74) is 8.18. The Labute approximate surface area is 201 Å². The molecule has 3 N–H and O–H groups in total. The van der Waals surface area contributed by atoms with Crippen molar-refractivity contribution < 1.29 is 9.53 Å². The number of ether oxygens (including phenoxy) is 1. The maximum Gasteiger partial charge on any atom is 0.248 e. The van der Waals surface area contributed by atoms with Gasteiger partial charge in [-0.25, -0.2) is 0 Å². The first kappa shape index (κ1) is 23.6. The third kappa shape index (κ3) is 5.14. The number of hydrogen-bond donors (Lipinski definition) is 2. The number of aromatic nitrogens is 4. The molecule has 34 heavy (non-hydrogen) atoms.